The molecular formula is C14H22N2O3. The van der Waals surface area contributed by atoms with Gasteiger partial charge in [0.25, 0.3) is 0 Å². The van der Waals surface area contributed by atoms with E-state index in [1.165, 1.54) is 0 Å². The number of fused-ring (bicyclic) bond motifs is 1. The summed E-state index contributed by atoms with van der Waals surface area (Å²) in [5, 5.41) is 0. The summed E-state index contributed by atoms with van der Waals surface area (Å²) in [5.74, 6) is 2.06. The van der Waals surface area contributed by atoms with Crippen molar-refractivity contribution in [1.29, 1.82) is 0 Å². The van der Waals surface area contributed by atoms with Gasteiger partial charge in [-0.15, -0.1) is 0 Å². The van der Waals surface area contributed by atoms with Crippen LogP contribution in [0, 0.1) is 0 Å². The Balaban J connectivity index is 1.96. The molecule has 2 rings (SSSR count). The summed E-state index contributed by atoms with van der Waals surface area (Å²) in [6.07, 6.45) is 0. The lowest BCUT2D eigenvalue weighted by Crippen LogP contribution is -2.28. The molecule has 0 saturated carbocycles. The number of hydrogen-bond donors (Lipinski definition) is 1. The normalized spacial score (nSPS) is 13.6. The first-order valence-corrected chi connectivity index (χ1v) is 6.78. The highest BCUT2D eigenvalue weighted by atomic mass is 16.6. The first-order chi connectivity index (χ1) is 9.24. The van der Waals surface area contributed by atoms with Crippen molar-refractivity contribution in [2.24, 2.45) is 0 Å². The van der Waals surface area contributed by atoms with E-state index < -0.39 is 0 Å². The fraction of sp³-hybridized carbons (Fsp3) is 0.571. The highest BCUT2D eigenvalue weighted by Gasteiger charge is 2.15. The van der Waals surface area contributed by atoms with Crippen LogP contribution >= 0.6 is 0 Å². The van der Waals surface area contributed by atoms with Crippen LogP contribution in [-0.4, -0.2) is 44.4 Å². The number of nitrogen functional groups attached to an aromatic ring is 1. The molecule has 1 aromatic carbocycles. The number of rotatable bonds is 6. The monoisotopic (exact) mass is 266 g/mol. The first kappa shape index (κ1) is 13.8. The van der Waals surface area contributed by atoms with Crippen molar-refractivity contribution < 1.29 is 14.2 Å². The van der Waals surface area contributed by atoms with Crippen molar-refractivity contribution in [3.63, 3.8) is 0 Å². The molecule has 106 valence electrons. The molecule has 1 aromatic rings. The second-order valence-corrected chi connectivity index (χ2v) is 4.41. The minimum atomic E-state index is 0.564. The van der Waals surface area contributed by atoms with Gasteiger partial charge >= 0.3 is 0 Å². The molecule has 0 spiro atoms. The van der Waals surface area contributed by atoms with E-state index in [4.69, 9.17) is 19.9 Å². The van der Waals surface area contributed by atoms with Gasteiger partial charge in [0.2, 0.25) is 0 Å². The van der Waals surface area contributed by atoms with Crippen molar-refractivity contribution in [1.82, 2.24) is 4.90 Å². The van der Waals surface area contributed by atoms with E-state index in [-0.39, 0.29) is 0 Å². The molecule has 0 aliphatic carbocycles. The standard InChI is InChI=1S/C14H22N2O3/c1-3-16(4-2)5-6-17-12-10-14-13(9-11(12)15)18-7-8-19-14/h9-10H,3-8,15H2,1-2H3. The molecule has 0 fully saturated rings. The summed E-state index contributed by atoms with van der Waals surface area (Å²) in [6, 6.07) is 3.58. The van der Waals surface area contributed by atoms with Gasteiger partial charge in [-0.1, -0.05) is 13.8 Å². The number of nitrogens with two attached hydrogens (primary N) is 1. The molecule has 0 saturated heterocycles. The second-order valence-electron chi connectivity index (χ2n) is 4.41. The maximum Gasteiger partial charge on any atom is 0.165 e. The maximum atomic E-state index is 5.95. The third-order valence-electron chi connectivity index (χ3n) is 3.23. The molecule has 1 heterocycles. The predicted octanol–water partition coefficient (Wildman–Crippen LogP) is 1.76. The van der Waals surface area contributed by atoms with Crippen molar-refractivity contribution >= 4 is 5.69 Å². The Morgan fingerprint density at radius 2 is 1.79 bits per heavy atom. The van der Waals surface area contributed by atoms with E-state index >= 15 is 0 Å². The number of benzene rings is 1. The van der Waals surface area contributed by atoms with Crippen LogP contribution in [0.15, 0.2) is 12.1 Å². The van der Waals surface area contributed by atoms with Crippen LogP contribution in [0.2, 0.25) is 0 Å². The number of anilines is 1. The Hall–Kier alpha value is -1.62. The second kappa shape index (κ2) is 6.52. The zero-order valence-corrected chi connectivity index (χ0v) is 11.6. The average Bonchev–Trinajstić information content (AvgIpc) is 2.44. The molecule has 0 aromatic heterocycles. The van der Waals surface area contributed by atoms with Crippen LogP contribution in [0.5, 0.6) is 17.2 Å². The van der Waals surface area contributed by atoms with Crippen LogP contribution in [-0.2, 0) is 0 Å². The average molecular weight is 266 g/mol. The molecular weight excluding hydrogens is 244 g/mol. The van der Waals surface area contributed by atoms with Crippen molar-refractivity contribution in [2.75, 3.05) is 45.2 Å². The highest BCUT2D eigenvalue weighted by molar-refractivity contribution is 5.62. The van der Waals surface area contributed by atoms with Gasteiger partial charge in [0.05, 0.1) is 5.69 Å². The highest BCUT2D eigenvalue weighted by Crippen LogP contribution is 2.38. The lowest BCUT2D eigenvalue weighted by Gasteiger charge is -2.21. The quantitative estimate of drug-likeness (QED) is 0.795. The fourth-order valence-corrected chi connectivity index (χ4v) is 2.04. The topological polar surface area (TPSA) is 57.0 Å². The molecule has 2 N–H and O–H groups in total. The summed E-state index contributed by atoms with van der Waals surface area (Å²) in [6.45, 7) is 8.97. The van der Waals surface area contributed by atoms with E-state index in [1.54, 1.807) is 6.07 Å². The van der Waals surface area contributed by atoms with E-state index in [1.807, 2.05) is 6.07 Å². The summed E-state index contributed by atoms with van der Waals surface area (Å²) in [5.41, 5.74) is 6.54. The molecule has 0 unspecified atom stereocenters. The molecule has 0 atom stereocenters. The minimum Gasteiger partial charge on any atom is -0.490 e. The maximum absolute atomic E-state index is 5.95. The van der Waals surface area contributed by atoms with Gasteiger partial charge in [0, 0.05) is 18.7 Å². The van der Waals surface area contributed by atoms with Gasteiger partial charge in [0.15, 0.2) is 11.5 Å². The van der Waals surface area contributed by atoms with Crippen LogP contribution < -0.4 is 19.9 Å². The van der Waals surface area contributed by atoms with Crippen LogP contribution in [0.4, 0.5) is 5.69 Å². The lowest BCUT2D eigenvalue weighted by molar-refractivity contribution is 0.170. The van der Waals surface area contributed by atoms with Gasteiger partial charge in [-0.2, -0.15) is 0 Å². The molecule has 5 nitrogen and oxygen atoms in total. The third kappa shape index (κ3) is 3.44. The molecule has 5 heteroatoms. The Labute approximate surface area is 114 Å². The third-order valence-corrected chi connectivity index (χ3v) is 3.23. The molecule has 0 radical (unpaired) electrons. The van der Waals surface area contributed by atoms with E-state index in [2.05, 4.69) is 18.7 Å². The lowest BCUT2D eigenvalue weighted by atomic mass is 10.2. The summed E-state index contributed by atoms with van der Waals surface area (Å²) in [7, 11) is 0. The molecule has 1 aliphatic rings. The zero-order chi connectivity index (χ0) is 13.7. The van der Waals surface area contributed by atoms with E-state index in [9.17, 15) is 0 Å². The Kier molecular flexibility index (Phi) is 4.74. The van der Waals surface area contributed by atoms with E-state index in [0.29, 0.717) is 42.8 Å². The van der Waals surface area contributed by atoms with Gasteiger partial charge in [-0.05, 0) is 13.1 Å². The fourth-order valence-electron chi connectivity index (χ4n) is 2.04. The van der Waals surface area contributed by atoms with Crippen LogP contribution in [0.1, 0.15) is 13.8 Å². The molecule has 0 bridgehead atoms. The van der Waals surface area contributed by atoms with Gasteiger partial charge in [-0.3, -0.25) is 0 Å². The van der Waals surface area contributed by atoms with Gasteiger partial charge in [0.1, 0.15) is 25.6 Å². The van der Waals surface area contributed by atoms with Gasteiger partial charge in [-0.25, -0.2) is 0 Å². The Morgan fingerprint density at radius 3 is 2.42 bits per heavy atom. The van der Waals surface area contributed by atoms with Crippen LogP contribution in [0.3, 0.4) is 0 Å². The number of ether oxygens (including phenoxy) is 3. The van der Waals surface area contributed by atoms with E-state index in [0.717, 1.165) is 19.6 Å². The Morgan fingerprint density at radius 1 is 1.16 bits per heavy atom. The number of hydrogen-bond acceptors (Lipinski definition) is 5. The molecule has 19 heavy (non-hydrogen) atoms. The number of nitrogens with zero attached hydrogens (tertiary/aromatic N) is 1. The Bertz CT molecular complexity index is 419. The zero-order valence-electron chi connectivity index (χ0n) is 11.6. The van der Waals surface area contributed by atoms with Gasteiger partial charge < -0.3 is 24.8 Å². The summed E-state index contributed by atoms with van der Waals surface area (Å²) >= 11 is 0. The summed E-state index contributed by atoms with van der Waals surface area (Å²) < 4.78 is 16.7. The SMILES string of the molecule is CCN(CC)CCOc1cc2c(cc1N)OCCO2. The predicted molar refractivity (Wildman–Crippen MR) is 75.1 cm³/mol. The van der Waals surface area contributed by atoms with Crippen molar-refractivity contribution in [3.8, 4) is 17.2 Å². The van der Waals surface area contributed by atoms with Crippen molar-refractivity contribution in [3.05, 3.63) is 12.1 Å². The number of likely N-dealkylation sites (N-methyl/N-ethyl adjacent to an activating group) is 1. The smallest absolute Gasteiger partial charge is 0.165 e. The minimum absolute atomic E-state index is 0.564. The van der Waals surface area contributed by atoms with Crippen molar-refractivity contribution in [2.45, 2.75) is 13.8 Å². The molecule has 1 aliphatic heterocycles. The summed E-state index contributed by atoms with van der Waals surface area (Å²) in [4.78, 5) is 2.30. The first-order valence-electron chi connectivity index (χ1n) is 6.78. The molecule has 0 amide bonds. The largest absolute Gasteiger partial charge is 0.490 e. The van der Waals surface area contributed by atoms with Crippen LogP contribution in [0.25, 0.3) is 0 Å².